The highest BCUT2D eigenvalue weighted by molar-refractivity contribution is 5.95. The molecule has 2 rings (SSSR count). The largest absolute Gasteiger partial charge is 0.493 e. The number of carbonyl (C=O) groups excluding carboxylic acids is 1. The zero-order chi connectivity index (χ0) is 17.4. The molecule has 1 heterocycles. The molecule has 24 heavy (non-hydrogen) atoms. The molecule has 1 aromatic heterocycles. The van der Waals surface area contributed by atoms with Crippen LogP contribution in [-0.2, 0) is 0 Å². The van der Waals surface area contributed by atoms with E-state index in [1.165, 1.54) is 0 Å². The van der Waals surface area contributed by atoms with Gasteiger partial charge in [0.05, 0.1) is 20.4 Å². The van der Waals surface area contributed by atoms with Gasteiger partial charge in [0.25, 0.3) is 5.91 Å². The number of hydrogen-bond acceptors (Lipinski definition) is 5. The molecule has 0 radical (unpaired) electrons. The number of hydrazone groups is 1. The number of hydrogen-bond donors (Lipinski definition) is 1. The van der Waals surface area contributed by atoms with Gasteiger partial charge in [0.15, 0.2) is 11.5 Å². The Morgan fingerprint density at radius 2 is 1.83 bits per heavy atom. The van der Waals surface area contributed by atoms with Crippen LogP contribution in [-0.4, -0.2) is 31.3 Å². The van der Waals surface area contributed by atoms with Gasteiger partial charge in [-0.25, -0.2) is 5.43 Å². The fraction of sp³-hybridized carbons (Fsp3) is 0.167. The van der Waals surface area contributed by atoms with Gasteiger partial charge >= 0.3 is 0 Å². The number of benzene rings is 1. The van der Waals surface area contributed by atoms with Crippen molar-refractivity contribution < 1.29 is 14.3 Å². The summed E-state index contributed by atoms with van der Waals surface area (Å²) in [4.78, 5) is 15.7. The number of nitrogens with zero attached hydrogens (tertiary/aromatic N) is 2. The summed E-state index contributed by atoms with van der Waals surface area (Å²) in [6.07, 6.45) is 6.61. The molecule has 1 amide bonds. The number of rotatable bonds is 6. The zero-order valence-corrected chi connectivity index (χ0v) is 13.8. The van der Waals surface area contributed by atoms with Crippen molar-refractivity contribution in [1.29, 1.82) is 0 Å². The average Bonchev–Trinajstić information content (AvgIpc) is 2.62. The zero-order valence-electron chi connectivity index (χ0n) is 13.8. The molecule has 0 aliphatic carbocycles. The van der Waals surface area contributed by atoms with Gasteiger partial charge in [0.1, 0.15) is 0 Å². The van der Waals surface area contributed by atoms with Crippen LogP contribution < -0.4 is 14.9 Å². The van der Waals surface area contributed by atoms with Crippen LogP contribution >= 0.6 is 0 Å². The Labute approximate surface area is 140 Å². The standard InChI is InChI=1S/C18H19N3O3/c1-13(10-14-4-5-16(23-2)17(11-14)24-3)12-20-21-18(22)15-6-8-19-9-7-15/h4-12H,1-3H3,(H,21,22)/b13-10+,20-12+. The van der Waals surface area contributed by atoms with E-state index in [-0.39, 0.29) is 5.91 Å². The van der Waals surface area contributed by atoms with E-state index in [1.807, 2.05) is 31.2 Å². The minimum atomic E-state index is -0.285. The fourth-order valence-electron chi connectivity index (χ4n) is 2.00. The minimum absolute atomic E-state index is 0.285. The second kappa shape index (κ2) is 8.47. The van der Waals surface area contributed by atoms with E-state index < -0.39 is 0 Å². The van der Waals surface area contributed by atoms with Crippen molar-refractivity contribution in [3.05, 3.63) is 59.4 Å². The molecular weight excluding hydrogens is 306 g/mol. The van der Waals surface area contributed by atoms with Crippen LogP contribution in [0.1, 0.15) is 22.8 Å². The molecular formula is C18H19N3O3. The highest BCUT2D eigenvalue weighted by atomic mass is 16.5. The summed E-state index contributed by atoms with van der Waals surface area (Å²) < 4.78 is 10.5. The normalized spacial score (nSPS) is 11.4. The third-order valence-corrected chi connectivity index (χ3v) is 3.18. The van der Waals surface area contributed by atoms with E-state index >= 15 is 0 Å². The van der Waals surface area contributed by atoms with E-state index in [2.05, 4.69) is 15.5 Å². The second-order valence-corrected chi connectivity index (χ2v) is 4.94. The molecule has 1 aromatic carbocycles. The number of ether oxygens (including phenoxy) is 2. The molecule has 124 valence electrons. The van der Waals surface area contributed by atoms with E-state index in [4.69, 9.17) is 9.47 Å². The Kier molecular flexibility index (Phi) is 6.08. The number of methoxy groups -OCH3 is 2. The van der Waals surface area contributed by atoms with Gasteiger partial charge < -0.3 is 9.47 Å². The maximum Gasteiger partial charge on any atom is 0.271 e. The lowest BCUT2D eigenvalue weighted by Crippen LogP contribution is -2.17. The van der Waals surface area contributed by atoms with E-state index in [0.717, 1.165) is 11.1 Å². The Morgan fingerprint density at radius 3 is 2.50 bits per heavy atom. The van der Waals surface area contributed by atoms with Crippen molar-refractivity contribution in [2.45, 2.75) is 6.92 Å². The van der Waals surface area contributed by atoms with Gasteiger partial charge in [-0.1, -0.05) is 12.1 Å². The summed E-state index contributed by atoms with van der Waals surface area (Å²) in [5.41, 5.74) is 4.79. The maximum absolute atomic E-state index is 11.8. The first-order valence-corrected chi connectivity index (χ1v) is 7.28. The molecule has 0 saturated carbocycles. The molecule has 1 N–H and O–H groups in total. The van der Waals surface area contributed by atoms with Crippen molar-refractivity contribution in [2.24, 2.45) is 5.10 Å². The number of aromatic nitrogens is 1. The lowest BCUT2D eigenvalue weighted by molar-refractivity contribution is 0.0955. The second-order valence-electron chi connectivity index (χ2n) is 4.94. The van der Waals surface area contributed by atoms with Crippen LogP contribution in [0.15, 0.2) is 53.4 Å². The predicted octanol–water partition coefficient (Wildman–Crippen LogP) is 2.92. The van der Waals surface area contributed by atoms with Gasteiger partial charge in [0.2, 0.25) is 0 Å². The van der Waals surface area contributed by atoms with Crippen LogP contribution in [0.25, 0.3) is 6.08 Å². The molecule has 2 aromatic rings. The molecule has 0 saturated heterocycles. The van der Waals surface area contributed by atoms with Gasteiger partial charge in [-0.2, -0.15) is 5.10 Å². The SMILES string of the molecule is COc1ccc(/C=C(C)/C=N/NC(=O)c2ccncc2)cc1OC. The quantitative estimate of drug-likeness (QED) is 0.655. The Morgan fingerprint density at radius 1 is 1.12 bits per heavy atom. The first-order chi connectivity index (χ1) is 11.6. The third kappa shape index (κ3) is 4.67. The molecule has 0 fully saturated rings. The monoisotopic (exact) mass is 325 g/mol. The Balaban J connectivity index is 2.02. The first kappa shape index (κ1) is 17.2. The molecule has 0 aliphatic heterocycles. The molecule has 6 heteroatoms. The number of allylic oxidation sites excluding steroid dienone is 1. The highest BCUT2D eigenvalue weighted by Crippen LogP contribution is 2.28. The van der Waals surface area contributed by atoms with Crippen LogP contribution in [0, 0.1) is 0 Å². The average molecular weight is 325 g/mol. The Bertz CT molecular complexity index is 755. The minimum Gasteiger partial charge on any atom is -0.493 e. The van der Waals surface area contributed by atoms with Crippen molar-refractivity contribution in [3.8, 4) is 11.5 Å². The lowest BCUT2D eigenvalue weighted by Gasteiger charge is -2.07. The molecule has 0 bridgehead atoms. The summed E-state index contributed by atoms with van der Waals surface area (Å²) in [6.45, 7) is 1.89. The van der Waals surface area contributed by atoms with Crippen molar-refractivity contribution in [1.82, 2.24) is 10.4 Å². The smallest absolute Gasteiger partial charge is 0.271 e. The summed E-state index contributed by atoms with van der Waals surface area (Å²) in [5.74, 6) is 1.04. The van der Waals surface area contributed by atoms with E-state index in [9.17, 15) is 4.79 Å². The maximum atomic E-state index is 11.8. The van der Waals surface area contributed by atoms with Crippen LogP contribution in [0.3, 0.4) is 0 Å². The number of amides is 1. The van der Waals surface area contributed by atoms with Crippen molar-refractivity contribution in [2.75, 3.05) is 14.2 Å². The molecule has 0 unspecified atom stereocenters. The summed E-state index contributed by atoms with van der Waals surface area (Å²) in [6, 6.07) is 8.86. The fourth-order valence-corrected chi connectivity index (χ4v) is 2.00. The van der Waals surface area contributed by atoms with Crippen LogP contribution in [0.4, 0.5) is 0 Å². The molecule has 6 nitrogen and oxygen atoms in total. The molecule has 0 atom stereocenters. The third-order valence-electron chi connectivity index (χ3n) is 3.18. The summed E-state index contributed by atoms with van der Waals surface area (Å²) in [5, 5.41) is 3.95. The van der Waals surface area contributed by atoms with Crippen LogP contribution in [0.5, 0.6) is 11.5 Å². The molecule has 0 aliphatic rings. The number of carbonyl (C=O) groups is 1. The van der Waals surface area contributed by atoms with E-state index in [1.54, 1.807) is 45.0 Å². The van der Waals surface area contributed by atoms with Crippen molar-refractivity contribution >= 4 is 18.2 Å². The van der Waals surface area contributed by atoms with E-state index in [0.29, 0.717) is 17.1 Å². The van der Waals surface area contributed by atoms with Gasteiger partial charge in [-0.3, -0.25) is 9.78 Å². The Hall–Kier alpha value is -3.15. The summed E-state index contributed by atoms with van der Waals surface area (Å²) >= 11 is 0. The van der Waals surface area contributed by atoms with Gasteiger partial charge in [-0.15, -0.1) is 0 Å². The topological polar surface area (TPSA) is 72.8 Å². The van der Waals surface area contributed by atoms with Crippen LogP contribution in [0.2, 0.25) is 0 Å². The number of nitrogens with one attached hydrogen (secondary N) is 1. The number of pyridine rings is 1. The first-order valence-electron chi connectivity index (χ1n) is 7.28. The predicted molar refractivity (Wildman–Crippen MR) is 93.4 cm³/mol. The highest BCUT2D eigenvalue weighted by Gasteiger charge is 2.04. The van der Waals surface area contributed by atoms with Gasteiger partial charge in [0, 0.05) is 18.0 Å². The lowest BCUT2D eigenvalue weighted by atomic mass is 10.1. The summed E-state index contributed by atoms with van der Waals surface area (Å²) in [7, 11) is 3.19. The molecule has 0 spiro atoms. The van der Waals surface area contributed by atoms with Crippen molar-refractivity contribution in [3.63, 3.8) is 0 Å². The van der Waals surface area contributed by atoms with Gasteiger partial charge in [-0.05, 0) is 42.3 Å².